The second-order valence-electron chi connectivity index (χ2n) is 8.57. The number of hydrogen-bond acceptors (Lipinski definition) is 3. The zero-order valence-corrected chi connectivity index (χ0v) is 18.7. The predicted molar refractivity (Wildman–Crippen MR) is 127 cm³/mol. The minimum atomic E-state index is -0.446. The molecule has 1 aliphatic heterocycles. The Morgan fingerprint density at radius 2 is 1.59 bits per heavy atom. The maximum Gasteiger partial charge on any atom is 0.253 e. The van der Waals surface area contributed by atoms with Crippen LogP contribution in [-0.4, -0.2) is 54.8 Å². The van der Waals surface area contributed by atoms with Crippen LogP contribution in [0.1, 0.15) is 31.8 Å². The Balaban J connectivity index is 1.57. The number of primary amides is 1. The van der Waals surface area contributed by atoms with Gasteiger partial charge >= 0.3 is 0 Å². The summed E-state index contributed by atoms with van der Waals surface area (Å²) in [7, 11) is 2.07. The average molecular weight is 446 g/mol. The van der Waals surface area contributed by atoms with Gasteiger partial charge in [-0.25, -0.2) is 0 Å². The number of carbonyl (C=O) groups excluding carboxylic acids is 2. The van der Waals surface area contributed by atoms with E-state index in [1.807, 2.05) is 53.4 Å². The summed E-state index contributed by atoms with van der Waals surface area (Å²) < 4.78 is 0. The van der Waals surface area contributed by atoms with Crippen molar-refractivity contribution >= 4 is 23.4 Å². The number of halogens is 1. The number of piperazine rings is 1. The van der Waals surface area contributed by atoms with Crippen molar-refractivity contribution in [2.75, 3.05) is 33.2 Å². The molecule has 6 heteroatoms. The number of likely N-dealkylation sites (N-methyl/N-ethyl adjacent to an activating group) is 1. The summed E-state index contributed by atoms with van der Waals surface area (Å²) in [4.78, 5) is 29.6. The summed E-state index contributed by atoms with van der Waals surface area (Å²) >= 11 is 6.05. The van der Waals surface area contributed by atoms with Crippen molar-refractivity contribution in [3.8, 4) is 22.3 Å². The van der Waals surface area contributed by atoms with Crippen LogP contribution in [0, 0.1) is 0 Å². The van der Waals surface area contributed by atoms with Crippen LogP contribution >= 0.6 is 11.6 Å². The molecule has 0 unspecified atom stereocenters. The van der Waals surface area contributed by atoms with Gasteiger partial charge in [0.25, 0.3) is 5.91 Å². The van der Waals surface area contributed by atoms with Gasteiger partial charge < -0.3 is 15.5 Å². The molecule has 1 heterocycles. The zero-order chi connectivity index (χ0) is 22.4. The lowest BCUT2D eigenvalue weighted by atomic mass is 9.93. The number of fused-ring (bicyclic) bond motifs is 3. The van der Waals surface area contributed by atoms with Crippen LogP contribution in [-0.2, 0) is 6.42 Å². The lowest BCUT2D eigenvalue weighted by molar-refractivity contribution is 0.0664. The van der Waals surface area contributed by atoms with Crippen LogP contribution in [0.25, 0.3) is 22.3 Å². The number of benzene rings is 3. The van der Waals surface area contributed by atoms with E-state index in [4.69, 9.17) is 17.3 Å². The molecule has 0 bridgehead atoms. The van der Waals surface area contributed by atoms with Crippen molar-refractivity contribution in [1.82, 2.24) is 9.80 Å². The summed E-state index contributed by atoms with van der Waals surface area (Å²) in [6.07, 6.45) is 0.632. The monoisotopic (exact) mass is 445 g/mol. The van der Waals surface area contributed by atoms with Gasteiger partial charge in [-0.1, -0.05) is 29.8 Å². The fourth-order valence-corrected chi connectivity index (χ4v) is 4.75. The van der Waals surface area contributed by atoms with Crippen LogP contribution in [0.4, 0.5) is 0 Å². The molecule has 2 N–H and O–H groups in total. The van der Waals surface area contributed by atoms with Gasteiger partial charge in [0.05, 0.1) is 0 Å². The van der Waals surface area contributed by atoms with Crippen LogP contribution < -0.4 is 5.73 Å². The molecule has 162 valence electrons. The van der Waals surface area contributed by atoms with Crippen LogP contribution in [0.2, 0.25) is 5.02 Å². The Morgan fingerprint density at radius 3 is 2.28 bits per heavy atom. The Hall–Kier alpha value is -3.15. The highest BCUT2D eigenvalue weighted by Crippen LogP contribution is 2.41. The van der Waals surface area contributed by atoms with Crippen molar-refractivity contribution < 1.29 is 9.59 Å². The molecular weight excluding hydrogens is 422 g/mol. The molecule has 0 atom stereocenters. The van der Waals surface area contributed by atoms with E-state index in [1.54, 1.807) is 0 Å². The summed E-state index contributed by atoms with van der Waals surface area (Å²) in [5.74, 6) is -0.392. The Bertz CT molecular complexity index is 1230. The first-order chi connectivity index (χ1) is 15.4. The standard InChI is InChI=1S/C26H24ClN3O2/c1-29-8-10-30(11-9-29)26(32)18-3-2-17-12-23-22(21(17)13-18)14-19(15-24(23)25(28)31)16-4-6-20(27)7-5-16/h2-7,13-15H,8-12H2,1H3,(H2,28,31). The molecule has 1 aliphatic carbocycles. The molecule has 0 saturated carbocycles. The molecule has 0 radical (unpaired) electrons. The number of nitrogens with zero attached hydrogens (tertiary/aromatic N) is 2. The van der Waals surface area contributed by atoms with Gasteiger partial charge in [0.2, 0.25) is 5.91 Å². The molecule has 3 aromatic rings. The average Bonchev–Trinajstić information content (AvgIpc) is 3.16. The number of nitrogens with two attached hydrogens (primary N) is 1. The third-order valence-corrected chi connectivity index (χ3v) is 6.75. The van der Waals surface area contributed by atoms with Gasteiger partial charge in [-0.2, -0.15) is 0 Å². The lowest BCUT2D eigenvalue weighted by Crippen LogP contribution is -2.47. The van der Waals surface area contributed by atoms with Crippen molar-refractivity contribution in [2.45, 2.75) is 6.42 Å². The maximum atomic E-state index is 13.1. The van der Waals surface area contributed by atoms with Crippen molar-refractivity contribution in [2.24, 2.45) is 5.73 Å². The van der Waals surface area contributed by atoms with Crippen molar-refractivity contribution in [1.29, 1.82) is 0 Å². The highest BCUT2D eigenvalue weighted by atomic mass is 35.5. The van der Waals surface area contributed by atoms with E-state index >= 15 is 0 Å². The molecule has 5 nitrogen and oxygen atoms in total. The Morgan fingerprint density at radius 1 is 0.875 bits per heavy atom. The number of amides is 2. The molecule has 3 aromatic carbocycles. The second-order valence-corrected chi connectivity index (χ2v) is 9.00. The minimum Gasteiger partial charge on any atom is -0.366 e. The SMILES string of the molecule is CN1CCN(C(=O)c2ccc3c(c2)-c2cc(-c4ccc(Cl)cc4)cc(C(N)=O)c2C3)CC1. The van der Waals surface area contributed by atoms with Crippen LogP contribution in [0.5, 0.6) is 0 Å². The van der Waals surface area contributed by atoms with Crippen molar-refractivity contribution in [3.63, 3.8) is 0 Å². The smallest absolute Gasteiger partial charge is 0.253 e. The fraction of sp³-hybridized carbons (Fsp3) is 0.231. The topological polar surface area (TPSA) is 66.6 Å². The van der Waals surface area contributed by atoms with Gasteiger partial charge in [0, 0.05) is 42.3 Å². The van der Waals surface area contributed by atoms with Gasteiger partial charge in [-0.15, -0.1) is 0 Å². The maximum absolute atomic E-state index is 13.1. The van der Waals surface area contributed by atoms with E-state index in [0.717, 1.165) is 59.6 Å². The largest absolute Gasteiger partial charge is 0.366 e. The zero-order valence-electron chi connectivity index (χ0n) is 17.9. The van der Waals surface area contributed by atoms with Gasteiger partial charge in [-0.05, 0) is 83.2 Å². The first-order valence-corrected chi connectivity index (χ1v) is 11.1. The molecule has 0 spiro atoms. The summed E-state index contributed by atoms with van der Waals surface area (Å²) in [6, 6.07) is 17.3. The molecule has 5 rings (SSSR count). The van der Waals surface area contributed by atoms with E-state index < -0.39 is 5.91 Å². The third kappa shape index (κ3) is 3.68. The summed E-state index contributed by atoms with van der Waals surface area (Å²) in [5.41, 5.74) is 12.8. The summed E-state index contributed by atoms with van der Waals surface area (Å²) in [5, 5.41) is 0.655. The summed E-state index contributed by atoms with van der Waals surface area (Å²) in [6.45, 7) is 3.23. The van der Waals surface area contributed by atoms with Gasteiger partial charge in [0.15, 0.2) is 0 Å². The lowest BCUT2D eigenvalue weighted by Gasteiger charge is -2.32. The molecular formula is C26H24ClN3O2. The quantitative estimate of drug-likeness (QED) is 0.517. The Kier molecular flexibility index (Phi) is 5.24. The second kappa shape index (κ2) is 8.08. The number of hydrogen-bond donors (Lipinski definition) is 1. The Labute approximate surface area is 192 Å². The molecule has 32 heavy (non-hydrogen) atoms. The predicted octanol–water partition coefficient (Wildman–Crippen LogP) is 4.06. The fourth-order valence-electron chi connectivity index (χ4n) is 4.63. The van der Waals surface area contributed by atoms with Gasteiger partial charge in [0.1, 0.15) is 0 Å². The van der Waals surface area contributed by atoms with E-state index in [0.29, 0.717) is 22.6 Å². The van der Waals surface area contributed by atoms with E-state index in [9.17, 15) is 9.59 Å². The van der Waals surface area contributed by atoms with Gasteiger partial charge in [-0.3, -0.25) is 9.59 Å². The number of carbonyl (C=O) groups is 2. The number of rotatable bonds is 3. The van der Waals surface area contributed by atoms with E-state index in [-0.39, 0.29) is 5.91 Å². The normalized spacial score (nSPS) is 15.4. The molecule has 0 aromatic heterocycles. The van der Waals surface area contributed by atoms with Crippen LogP contribution in [0.3, 0.4) is 0 Å². The molecule has 2 amide bonds. The molecule has 2 aliphatic rings. The van der Waals surface area contributed by atoms with E-state index in [2.05, 4.69) is 18.0 Å². The first kappa shape index (κ1) is 20.7. The molecule has 1 saturated heterocycles. The van der Waals surface area contributed by atoms with Crippen LogP contribution in [0.15, 0.2) is 54.6 Å². The molecule has 1 fully saturated rings. The minimum absolute atomic E-state index is 0.0540. The first-order valence-electron chi connectivity index (χ1n) is 10.7. The van der Waals surface area contributed by atoms with Crippen molar-refractivity contribution in [3.05, 3.63) is 81.9 Å². The third-order valence-electron chi connectivity index (χ3n) is 6.50. The highest BCUT2D eigenvalue weighted by molar-refractivity contribution is 6.30. The highest BCUT2D eigenvalue weighted by Gasteiger charge is 2.27. The van der Waals surface area contributed by atoms with E-state index in [1.165, 1.54) is 0 Å².